The number of carbonyl (C=O) groups is 3. The monoisotopic (exact) mass is 410 g/mol. The number of amides is 4. The van der Waals surface area contributed by atoms with E-state index in [9.17, 15) is 18.8 Å². The van der Waals surface area contributed by atoms with Crippen molar-refractivity contribution in [1.82, 2.24) is 5.32 Å². The van der Waals surface area contributed by atoms with Crippen LogP contribution in [0.15, 0.2) is 70.7 Å². The molecule has 2 heterocycles. The van der Waals surface area contributed by atoms with Gasteiger partial charge in [-0.15, -0.1) is 0 Å². The van der Waals surface area contributed by atoms with Crippen molar-refractivity contribution in [3.63, 3.8) is 0 Å². The number of imide groups is 2. The van der Waals surface area contributed by atoms with Gasteiger partial charge < -0.3 is 4.42 Å². The minimum absolute atomic E-state index is 0.225. The number of benzene rings is 2. The number of barbiturate groups is 1. The van der Waals surface area contributed by atoms with Gasteiger partial charge in [0.15, 0.2) is 0 Å². The van der Waals surface area contributed by atoms with Crippen molar-refractivity contribution in [2.24, 2.45) is 0 Å². The molecule has 4 amide bonds. The minimum Gasteiger partial charge on any atom is -0.457 e. The van der Waals surface area contributed by atoms with Gasteiger partial charge in [0.2, 0.25) is 0 Å². The molecule has 144 valence electrons. The zero-order chi connectivity index (χ0) is 20.5. The Labute approximate surface area is 169 Å². The quantitative estimate of drug-likeness (QED) is 0.512. The molecule has 0 atom stereocenters. The summed E-state index contributed by atoms with van der Waals surface area (Å²) in [6.45, 7) is 0. The standard InChI is InChI=1S/C21H12ClFN2O4/c22-13-2-1-3-15(10-13)25-20(27)17(19(26)24-21(25)28)11-16-8-9-18(29-16)12-4-6-14(23)7-5-12/h1-11H,(H,24,26,28)/b17-11+. The highest BCUT2D eigenvalue weighted by Gasteiger charge is 2.37. The van der Waals surface area contributed by atoms with Crippen LogP contribution in [0, 0.1) is 5.82 Å². The summed E-state index contributed by atoms with van der Waals surface area (Å²) in [5, 5.41) is 2.46. The minimum atomic E-state index is -0.870. The number of carbonyl (C=O) groups excluding carboxylic acids is 3. The molecular weight excluding hydrogens is 399 g/mol. The average Bonchev–Trinajstić information content (AvgIpc) is 3.14. The fourth-order valence-corrected chi connectivity index (χ4v) is 3.03. The predicted molar refractivity (Wildman–Crippen MR) is 105 cm³/mol. The van der Waals surface area contributed by atoms with Crippen molar-refractivity contribution in [2.45, 2.75) is 0 Å². The maximum atomic E-state index is 13.1. The molecule has 8 heteroatoms. The lowest BCUT2D eigenvalue weighted by Crippen LogP contribution is -2.54. The van der Waals surface area contributed by atoms with Gasteiger partial charge >= 0.3 is 6.03 Å². The fourth-order valence-electron chi connectivity index (χ4n) is 2.85. The van der Waals surface area contributed by atoms with Crippen molar-refractivity contribution < 1.29 is 23.2 Å². The van der Waals surface area contributed by atoms with Crippen molar-refractivity contribution in [2.75, 3.05) is 4.90 Å². The van der Waals surface area contributed by atoms with Crippen LogP contribution in [0.3, 0.4) is 0 Å². The highest BCUT2D eigenvalue weighted by Crippen LogP contribution is 2.27. The number of nitrogens with zero attached hydrogens (tertiary/aromatic N) is 1. The van der Waals surface area contributed by atoms with Crippen molar-refractivity contribution >= 4 is 41.2 Å². The van der Waals surface area contributed by atoms with E-state index in [4.69, 9.17) is 16.0 Å². The van der Waals surface area contributed by atoms with Gasteiger partial charge in [0, 0.05) is 10.6 Å². The summed E-state index contributed by atoms with van der Waals surface area (Å²) in [5.41, 5.74) is 0.584. The van der Waals surface area contributed by atoms with E-state index in [2.05, 4.69) is 5.32 Å². The summed E-state index contributed by atoms with van der Waals surface area (Å²) < 4.78 is 18.7. The van der Waals surface area contributed by atoms with E-state index in [1.165, 1.54) is 30.3 Å². The van der Waals surface area contributed by atoms with Crippen LogP contribution in [0.5, 0.6) is 0 Å². The molecular formula is C21H12ClFN2O4. The zero-order valence-corrected chi connectivity index (χ0v) is 15.4. The van der Waals surface area contributed by atoms with Crippen LogP contribution in [0.2, 0.25) is 5.02 Å². The Kier molecular flexibility index (Phi) is 4.74. The summed E-state index contributed by atoms with van der Waals surface area (Å²) in [5.74, 6) is -1.36. The Bertz CT molecular complexity index is 1170. The average molecular weight is 411 g/mol. The van der Waals surface area contributed by atoms with E-state index in [-0.39, 0.29) is 22.8 Å². The fraction of sp³-hybridized carbons (Fsp3) is 0. The summed E-state index contributed by atoms with van der Waals surface area (Å²) in [6, 6.07) is 14.1. The first-order valence-corrected chi connectivity index (χ1v) is 8.83. The van der Waals surface area contributed by atoms with Crippen LogP contribution >= 0.6 is 11.6 Å². The van der Waals surface area contributed by atoms with E-state index >= 15 is 0 Å². The van der Waals surface area contributed by atoms with Gasteiger partial charge in [0.25, 0.3) is 11.8 Å². The molecule has 0 spiro atoms. The van der Waals surface area contributed by atoms with Gasteiger partial charge in [-0.3, -0.25) is 14.9 Å². The van der Waals surface area contributed by atoms with Crippen molar-refractivity contribution in [3.8, 4) is 11.3 Å². The van der Waals surface area contributed by atoms with E-state index in [1.54, 1.807) is 36.4 Å². The number of anilines is 1. The molecule has 1 aliphatic heterocycles. The van der Waals surface area contributed by atoms with Crippen molar-refractivity contribution in [1.29, 1.82) is 0 Å². The summed E-state index contributed by atoms with van der Waals surface area (Å²) >= 11 is 5.94. The first-order chi connectivity index (χ1) is 13.9. The third-order valence-electron chi connectivity index (χ3n) is 4.21. The number of hydrogen-bond acceptors (Lipinski definition) is 4. The lowest BCUT2D eigenvalue weighted by atomic mass is 10.1. The van der Waals surface area contributed by atoms with Gasteiger partial charge in [-0.25, -0.2) is 14.1 Å². The number of hydrogen-bond donors (Lipinski definition) is 1. The largest absolute Gasteiger partial charge is 0.457 e. The van der Waals surface area contributed by atoms with Gasteiger partial charge in [-0.1, -0.05) is 17.7 Å². The van der Waals surface area contributed by atoms with E-state index < -0.39 is 17.8 Å². The Morgan fingerprint density at radius 3 is 2.48 bits per heavy atom. The molecule has 0 bridgehead atoms. The Morgan fingerprint density at radius 1 is 1.00 bits per heavy atom. The molecule has 29 heavy (non-hydrogen) atoms. The van der Waals surface area contributed by atoms with E-state index in [1.807, 2.05) is 0 Å². The van der Waals surface area contributed by atoms with Crippen LogP contribution in [0.25, 0.3) is 17.4 Å². The second-order valence-electron chi connectivity index (χ2n) is 6.15. The molecule has 1 aliphatic rings. The maximum Gasteiger partial charge on any atom is 0.335 e. The van der Waals surface area contributed by atoms with E-state index in [0.29, 0.717) is 16.3 Å². The van der Waals surface area contributed by atoms with Crippen LogP contribution < -0.4 is 10.2 Å². The lowest BCUT2D eigenvalue weighted by Gasteiger charge is -2.26. The SMILES string of the molecule is O=C1NC(=O)N(c2cccc(Cl)c2)C(=O)/C1=C/c1ccc(-c2ccc(F)cc2)o1. The van der Waals surface area contributed by atoms with Gasteiger partial charge in [0.1, 0.15) is 22.9 Å². The Morgan fingerprint density at radius 2 is 1.76 bits per heavy atom. The van der Waals surface area contributed by atoms with Crippen molar-refractivity contribution in [3.05, 3.63) is 82.8 Å². The topological polar surface area (TPSA) is 79.6 Å². The summed E-state index contributed by atoms with van der Waals surface area (Å²) in [6.07, 6.45) is 1.24. The molecule has 0 unspecified atom stereocenters. The predicted octanol–water partition coefficient (Wildman–Crippen LogP) is 4.41. The molecule has 2 aromatic carbocycles. The zero-order valence-electron chi connectivity index (χ0n) is 14.7. The molecule has 3 aromatic rings. The Balaban J connectivity index is 1.67. The van der Waals surface area contributed by atoms with Crippen LogP contribution in [0.4, 0.5) is 14.9 Å². The third kappa shape index (κ3) is 3.68. The molecule has 1 fully saturated rings. The van der Waals surface area contributed by atoms with Gasteiger partial charge in [0.05, 0.1) is 5.69 Å². The van der Waals surface area contributed by atoms with Crippen LogP contribution in [0.1, 0.15) is 5.76 Å². The number of rotatable bonds is 3. The number of furan rings is 1. The Hall–Kier alpha value is -3.71. The summed E-state index contributed by atoms with van der Waals surface area (Å²) in [4.78, 5) is 38.1. The molecule has 1 aromatic heterocycles. The maximum absolute atomic E-state index is 13.1. The van der Waals surface area contributed by atoms with E-state index in [0.717, 1.165) is 4.90 Å². The first-order valence-electron chi connectivity index (χ1n) is 8.45. The van der Waals surface area contributed by atoms with Gasteiger partial charge in [-0.05, 0) is 60.7 Å². The van der Waals surface area contributed by atoms with Crippen LogP contribution in [-0.2, 0) is 9.59 Å². The highest BCUT2D eigenvalue weighted by molar-refractivity contribution is 6.39. The summed E-state index contributed by atoms with van der Waals surface area (Å²) in [7, 11) is 0. The molecule has 0 radical (unpaired) electrons. The number of halogens is 2. The highest BCUT2D eigenvalue weighted by atomic mass is 35.5. The number of nitrogens with one attached hydrogen (secondary N) is 1. The number of urea groups is 1. The molecule has 4 rings (SSSR count). The second-order valence-corrected chi connectivity index (χ2v) is 6.58. The molecule has 0 saturated carbocycles. The molecule has 0 aliphatic carbocycles. The normalized spacial score (nSPS) is 15.7. The molecule has 1 saturated heterocycles. The first kappa shape index (κ1) is 18.6. The smallest absolute Gasteiger partial charge is 0.335 e. The molecule has 6 nitrogen and oxygen atoms in total. The molecule has 1 N–H and O–H groups in total. The lowest BCUT2D eigenvalue weighted by molar-refractivity contribution is -0.122. The third-order valence-corrected chi connectivity index (χ3v) is 4.45. The van der Waals surface area contributed by atoms with Crippen LogP contribution in [-0.4, -0.2) is 17.8 Å². The van der Waals surface area contributed by atoms with Gasteiger partial charge in [-0.2, -0.15) is 0 Å². The second kappa shape index (κ2) is 7.37.